The molecule has 1 aliphatic rings. The molecule has 1 atom stereocenters. The molecular weight excluding hydrogens is 471 g/mol. The maximum atomic E-state index is 14.9. The Labute approximate surface area is 203 Å². The second-order valence-corrected chi connectivity index (χ2v) is 9.91. The standard InChI is InChI=1S/C25H25FN4O4S/c1-16-6-4-7-18(14-16)28-25(32)30-13-5-9-22(30)24(31)29-21-12-11-17(15-20(21)26)19-8-2-3-10-23(19)35(27,33)34/h2-4,6-8,10-12,14-15,22H,5,9,13H2,1H3,(H,28,32)(H,29,31)(H2,27,33,34). The van der Waals surface area contributed by atoms with Gasteiger partial charge in [-0.3, -0.25) is 4.79 Å². The van der Waals surface area contributed by atoms with Crippen LogP contribution < -0.4 is 15.8 Å². The highest BCUT2D eigenvalue weighted by Crippen LogP contribution is 2.30. The molecule has 4 N–H and O–H groups in total. The van der Waals surface area contributed by atoms with Crippen LogP contribution in [0.25, 0.3) is 11.1 Å². The molecular formula is C25H25FN4O4S. The van der Waals surface area contributed by atoms with Crippen LogP contribution >= 0.6 is 0 Å². The fourth-order valence-corrected chi connectivity index (χ4v) is 4.91. The number of carbonyl (C=O) groups excluding carboxylic acids is 2. The van der Waals surface area contributed by atoms with E-state index in [1.165, 1.54) is 35.2 Å². The quantitative estimate of drug-likeness (QED) is 0.493. The molecule has 3 aromatic rings. The molecule has 35 heavy (non-hydrogen) atoms. The number of primary sulfonamides is 1. The van der Waals surface area contributed by atoms with Gasteiger partial charge in [0.2, 0.25) is 15.9 Å². The average molecular weight is 497 g/mol. The summed E-state index contributed by atoms with van der Waals surface area (Å²) < 4.78 is 38.7. The SMILES string of the molecule is Cc1cccc(NC(=O)N2CCCC2C(=O)Nc2ccc(-c3ccccc3S(N)(=O)=O)cc2F)c1. The van der Waals surface area contributed by atoms with Crippen molar-refractivity contribution in [3.63, 3.8) is 0 Å². The number of nitrogens with zero attached hydrogens (tertiary/aromatic N) is 1. The lowest BCUT2D eigenvalue weighted by Gasteiger charge is -2.24. The van der Waals surface area contributed by atoms with Gasteiger partial charge >= 0.3 is 6.03 Å². The maximum absolute atomic E-state index is 14.9. The molecule has 1 fully saturated rings. The van der Waals surface area contributed by atoms with Gasteiger partial charge in [-0.1, -0.05) is 36.4 Å². The summed E-state index contributed by atoms with van der Waals surface area (Å²) in [6.45, 7) is 2.32. The van der Waals surface area contributed by atoms with Gasteiger partial charge in [-0.15, -0.1) is 0 Å². The highest BCUT2D eigenvalue weighted by molar-refractivity contribution is 7.89. The number of likely N-dealkylation sites (tertiary alicyclic amines) is 1. The van der Waals surface area contributed by atoms with Crippen LogP contribution in [-0.4, -0.2) is 37.8 Å². The normalized spacial score (nSPS) is 15.6. The number of sulfonamides is 1. The Balaban J connectivity index is 1.49. The minimum Gasteiger partial charge on any atom is -0.322 e. The van der Waals surface area contributed by atoms with Crippen LogP contribution in [-0.2, 0) is 14.8 Å². The average Bonchev–Trinajstić information content (AvgIpc) is 3.30. The molecule has 3 aromatic carbocycles. The Bertz CT molecular complexity index is 1390. The van der Waals surface area contributed by atoms with E-state index >= 15 is 0 Å². The number of benzene rings is 3. The van der Waals surface area contributed by atoms with Gasteiger partial charge in [0.15, 0.2) is 0 Å². The van der Waals surface area contributed by atoms with E-state index in [-0.39, 0.29) is 16.1 Å². The maximum Gasteiger partial charge on any atom is 0.322 e. The Morgan fingerprint density at radius 1 is 1.03 bits per heavy atom. The van der Waals surface area contributed by atoms with Crippen molar-refractivity contribution >= 4 is 33.3 Å². The molecule has 1 aliphatic heterocycles. The summed E-state index contributed by atoms with van der Waals surface area (Å²) in [5, 5.41) is 10.6. The predicted molar refractivity (Wildman–Crippen MR) is 132 cm³/mol. The number of carbonyl (C=O) groups is 2. The summed E-state index contributed by atoms with van der Waals surface area (Å²) in [5.74, 6) is -1.24. The van der Waals surface area contributed by atoms with Gasteiger partial charge in [0.25, 0.3) is 0 Å². The van der Waals surface area contributed by atoms with E-state index in [2.05, 4.69) is 10.6 Å². The van der Waals surface area contributed by atoms with Crippen LogP contribution in [0.15, 0.2) is 71.6 Å². The van der Waals surface area contributed by atoms with E-state index in [0.29, 0.717) is 30.6 Å². The third kappa shape index (κ3) is 5.50. The minimum absolute atomic E-state index is 0.0715. The lowest BCUT2D eigenvalue weighted by molar-refractivity contribution is -0.119. The molecule has 1 saturated heterocycles. The van der Waals surface area contributed by atoms with E-state index in [0.717, 1.165) is 11.6 Å². The fourth-order valence-electron chi connectivity index (χ4n) is 4.15. The number of hydrogen-bond donors (Lipinski definition) is 3. The first-order chi connectivity index (χ1) is 16.6. The smallest absolute Gasteiger partial charge is 0.322 e. The van der Waals surface area contributed by atoms with Crippen LogP contribution in [0.5, 0.6) is 0 Å². The zero-order chi connectivity index (χ0) is 25.2. The monoisotopic (exact) mass is 496 g/mol. The highest BCUT2D eigenvalue weighted by Gasteiger charge is 2.34. The third-order valence-electron chi connectivity index (χ3n) is 5.82. The number of nitrogens with one attached hydrogen (secondary N) is 2. The summed E-state index contributed by atoms with van der Waals surface area (Å²) in [7, 11) is -4.01. The number of aryl methyl sites for hydroxylation is 1. The summed E-state index contributed by atoms with van der Waals surface area (Å²) in [4.78, 5) is 27.0. The number of nitrogens with two attached hydrogens (primary N) is 1. The van der Waals surface area contributed by atoms with Gasteiger partial charge in [-0.2, -0.15) is 0 Å². The number of amides is 3. The van der Waals surface area contributed by atoms with Crippen molar-refractivity contribution in [1.82, 2.24) is 4.90 Å². The Hall–Kier alpha value is -3.76. The number of hydrogen-bond acceptors (Lipinski definition) is 4. The van der Waals surface area contributed by atoms with Crippen LogP contribution in [0, 0.1) is 12.7 Å². The zero-order valence-electron chi connectivity index (χ0n) is 19.0. The largest absolute Gasteiger partial charge is 0.322 e. The minimum atomic E-state index is -4.01. The summed E-state index contributed by atoms with van der Waals surface area (Å²) in [6.07, 6.45) is 1.10. The molecule has 182 valence electrons. The summed E-state index contributed by atoms with van der Waals surface area (Å²) in [6, 6.07) is 16.2. The topological polar surface area (TPSA) is 122 Å². The van der Waals surface area contributed by atoms with Crippen molar-refractivity contribution in [3.8, 4) is 11.1 Å². The van der Waals surface area contributed by atoms with E-state index in [1.54, 1.807) is 12.1 Å². The first-order valence-corrected chi connectivity index (χ1v) is 12.5. The molecule has 0 aromatic heterocycles. The molecule has 3 amide bonds. The molecule has 4 rings (SSSR count). The number of anilines is 2. The lowest BCUT2D eigenvalue weighted by atomic mass is 10.0. The van der Waals surface area contributed by atoms with Gasteiger partial charge < -0.3 is 15.5 Å². The van der Waals surface area contributed by atoms with Crippen molar-refractivity contribution in [2.24, 2.45) is 5.14 Å². The van der Waals surface area contributed by atoms with Crippen molar-refractivity contribution in [2.75, 3.05) is 17.2 Å². The van der Waals surface area contributed by atoms with Crippen LogP contribution in [0.1, 0.15) is 18.4 Å². The number of halogens is 1. The Morgan fingerprint density at radius 3 is 2.51 bits per heavy atom. The van der Waals surface area contributed by atoms with E-state index in [1.807, 2.05) is 25.1 Å². The van der Waals surface area contributed by atoms with Crippen LogP contribution in [0.2, 0.25) is 0 Å². The molecule has 0 spiro atoms. The third-order valence-corrected chi connectivity index (χ3v) is 6.79. The number of urea groups is 1. The van der Waals surface area contributed by atoms with Crippen molar-refractivity contribution in [1.29, 1.82) is 0 Å². The molecule has 1 unspecified atom stereocenters. The molecule has 1 heterocycles. The van der Waals surface area contributed by atoms with E-state index in [4.69, 9.17) is 5.14 Å². The van der Waals surface area contributed by atoms with Gasteiger partial charge in [0.1, 0.15) is 11.9 Å². The van der Waals surface area contributed by atoms with Crippen LogP contribution in [0.3, 0.4) is 0 Å². The van der Waals surface area contributed by atoms with E-state index in [9.17, 15) is 22.4 Å². The second-order valence-electron chi connectivity index (χ2n) is 8.38. The Morgan fingerprint density at radius 2 is 1.80 bits per heavy atom. The molecule has 0 bridgehead atoms. The fraction of sp³-hybridized carbons (Fsp3) is 0.200. The summed E-state index contributed by atoms with van der Waals surface area (Å²) >= 11 is 0. The Kier molecular flexibility index (Phi) is 6.86. The van der Waals surface area contributed by atoms with Gasteiger partial charge in [0, 0.05) is 17.8 Å². The summed E-state index contributed by atoms with van der Waals surface area (Å²) in [5.41, 5.74) is 2.09. The molecule has 8 nitrogen and oxygen atoms in total. The van der Waals surface area contributed by atoms with Gasteiger partial charge in [0.05, 0.1) is 10.6 Å². The molecule has 0 radical (unpaired) electrons. The van der Waals surface area contributed by atoms with Crippen molar-refractivity contribution in [2.45, 2.75) is 30.7 Å². The first-order valence-electron chi connectivity index (χ1n) is 11.0. The van der Waals surface area contributed by atoms with Crippen molar-refractivity contribution in [3.05, 3.63) is 78.1 Å². The van der Waals surface area contributed by atoms with Gasteiger partial charge in [-0.05, 0) is 61.2 Å². The molecule has 10 heteroatoms. The van der Waals surface area contributed by atoms with E-state index < -0.39 is 33.8 Å². The van der Waals surface area contributed by atoms with Gasteiger partial charge in [-0.25, -0.2) is 22.7 Å². The first kappa shape index (κ1) is 24.4. The molecule has 0 saturated carbocycles. The van der Waals surface area contributed by atoms with Crippen molar-refractivity contribution < 1.29 is 22.4 Å². The van der Waals surface area contributed by atoms with Crippen LogP contribution in [0.4, 0.5) is 20.6 Å². The highest BCUT2D eigenvalue weighted by atomic mass is 32.2. The zero-order valence-corrected chi connectivity index (χ0v) is 19.8. The predicted octanol–water partition coefficient (Wildman–Crippen LogP) is 4.08. The molecule has 0 aliphatic carbocycles. The lowest BCUT2D eigenvalue weighted by Crippen LogP contribution is -2.45. The second kappa shape index (κ2) is 9.85. The number of rotatable bonds is 5.